The summed E-state index contributed by atoms with van der Waals surface area (Å²) in [6.07, 6.45) is 0.106. The number of carbonyl (C=O) groups is 2. The Morgan fingerprint density at radius 1 is 1.15 bits per heavy atom. The van der Waals surface area contributed by atoms with Crippen LogP contribution in [0.15, 0.2) is 47.0 Å². The first-order valence-corrected chi connectivity index (χ1v) is 8.84. The Morgan fingerprint density at radius 3 is 2.59 bits per heavy atom. The summed E-state index contributed by atoms with van der Waals surface area (Å²) in [5.41, 5.74) is 3.39. The molecule has 3 rings (SSSR count). The van der Waals surface area contributed by atoms with Crippen LogP contribution < -0.4 is 5.32 Å². The standard InChI is InChI=1S/C21H22N2O4/c1-13(2)12-26-21(25)15-5-7-16(8-6-15)22-20(24)11-18-17-10-14(3)4-9-19(17)27-23-18/h4-10,13H,11-12H2,1-3H3,(H,22,24). The molecule has 6 nitrogen and oxygen atoms in total. The van der Waals surface area contributed by atoms with E-state index in [0.29, 0.717) is 29.1 Å². The van der Waals surface area contributed by atoms with Crippen LogP contribution in [0.2, 0.25) is 0 Å². The number of amides is 1. The van der Waals surface area contributed by atoms with Crippen LogP contribution in [0.3, 0.4) is 0 Å². The fraction of sp³-hybridized carbons (Fsp3) is 0.286. The number of benzene rings is 2. The zero-order chi connectivity index (χ0) is 19.4. The lowest BCUT2D eigenvalue weighted by atomic mass is 10.1. The van der Waals surface area contributed by atoms with Crippen LogP contribution in [0.1, 0.15) is 35.5 Å². The summed E-state index contributed by atoms with van der Waals surface area (Å²) in [6, 6.07) is 12.3. The average molecular weight is 366 g/mol. The maximum Gasteiger partial charge on any atom is 0.338 e. The molecule has 0 atom stereocenters. The van der Waals surface area contributed by atoms with Gasteiger partial charge >= 0.3 is 5.97 Å². The molecule has 3 aromatic rings. The van der Waals surface area contributed by atoms with Gasteiger partial charge in [0.15, 0.2) is 5.58 Å². The van der Waals surface area contributed by atoms with Crippen LogP contribution in [0.5, 0.6) is 0 Å². The van der Waals surface area contributed by atoms with Gasteiger partial charge in [-0.15, -0.1) is 0 Å². The molecule has 0 radical (unpaired) electrons. The van der Waals surface area contributed by atoms with Crippen molar-refractivity contribution in [3.8, 4) is 0 Å². The number of carbonyl (C=O) groups excluding carboxylic acids is 2. The van der Waals surface area contributed by atoms with E-state index in [1.54, 1.807) is 24.3 Å². The Labute approximate surface area is 157 Å². The lowest BCUT2D eigenvalue weighted by Crippen LogP contribution is -2.15. The summed E-state index contributed by atoms with van der Waals surface area (Å²) in [5.74, 6) is -0.295. The zero-order valence-electron chi connectivity index (χ0n) is 15.6. The van der Waals surface area contributed by atoms with Crippen LogP contribution in [0.4, 0.5) is 5.69 Å². The molecule has 0 aliphatic heterocycles. The molecule has 1 heterocycles. The lowest BCUT2D eigenvalue weighted by molar-refractivity contribution is -0.115. The van der Waals surface area contributed by atoms with Crippen molar-refractivity contribution >= 4 is 28.5 Å². The van der Waals surface area contributed by atoms with Crippen molar-refractivity contribution in [2.45, 2.75) is 27.2 Å². The van der Waals surface area contributed by atoms with Gasteiger partial charge in [-0.2, -0.15) is 0 Å². The number of hydrogen-bond acceptors (Lipinski definition) is 5. The van der Waals surface area contributed by atoms with Crippen molar-refractivity contribution in [3.63, 3.8) is 0 Å². The molecule has 0 aliphatic carbocycles. The van der Waals surface area contributed by atoms with E-state index in [1.165, 1.54) is 0 Å². The highest BCUT2D eigenvalue weighted by atomic mass is 16.5. The number of aryl methyl sites for hydroxylation is 1. The molecule has 0 aliphatic rings. The van der Waals surface area contributed by atoms with Crippen molar-refractivity contribution in [3.05, 3.63) is 59.3 Å². The molecule has 0 spiro atoms. The van der Waals surface area contributed by atoms with Crippen molar-refractivity contribution in [2.75, 3.05) is 11.9 Å². The SMILES string of the molecule is Cc1ccc2onc(CC(=O)Nc3ccc(C(=O)OCC(C)C)cc3)c2c1. The first-order valence-electron chi connectivity index (χ1n) is 8.84. The molecule has 0 fully saturated rings. The number of rotatable bonds is 6. The normalized spacial score (nSPS) is 11.0. The molecule has 140 valence electrons. The highest BCUT2D eigenvalue weighted by Crippen LogP contribution is 2.20. The fourth-order valence-electron chi connectivity index (χ4n) is 2.60. The summed E-state index contributed by atoms with van der Waals surface area (Å²) in [7, 11) is 0. The molecule has 6 heteroatoms. The number of ether oxygens (including phenoxy) is 1. The van der Waals surface area contributed by atoms with Gasteiger partial charge in [-0.3, -0.25) is 4.79 Å². The van der Waals surface area contributed by atoms with Gasteiger partial charge in [0.2, 0.25) is 5.91 Å². The van der Waals surface area contributed by atoms with Crippen LogP contribution >= 0.6 is 0 Å². The molecular weight excluding hydrogens is 344 g/mol. The smallest absolute Gasteiger partial charge is 0.338 e. The minimum atomic E-state index is -0.369. The number of hydrogen-bond donors (Lipinski definition) is 1. The number of nitrogens with zero attached hydrogens (tertiary/aromatic N) is 1. The van der Waals surface area contributed by atoms with Gasteiger partial charge in [-0.25, -0.2) is 4.79 Å². The van der Waals surface area contributed by atoms with Crippen molar-refractivity contribution < 1.29 is 18.8 Å². The summed E-state index contributed by atoms with van der Waals surface area (Å²) < 4.78 is 10.4. The Bertz CT molecular complexity index is 958. The van der Waals surface area contributed by atoms with E-state index in [1.807, 2.05) is 39.0 Å². The van der Waals surface area contributed by atoms with Gasteiger partial charge in [-0.1, -0.05) is 30.6 Å². The van der Waals surface area contributed by atoms with Gasteiger partial charge < -0.3 is 14.6 Å². The maximum absolute atomic E-state index is 12.3. The number of fused-ring (bicyclic) bond motifs is 1. The predicted octanol–water partition coefficient (Wildman–Crippen LogP) is 4.13. The van der Waals surface area contributed by atoms with Gasteiger partial charge in [-0.05, 0) is 49.2 Å². The zero-order valence-corrected chi connectivity index (χ0v) is 15.6. The molecule has 1 N–H and O–H groups in total. The first kappa shape index (κ1) is 18.6. The Hall–Kier alpha value is -3.15. The van der Waals surface area contributed by atoms with E-state index >= 15 is 0 Å². The second-order valence-corrected chi connectivity index (χ2v) is 6.92. The van der Waals surface area contributed by atoms with Crippen LogP contribution in [0, 0.1) is 12.8 Å². The Balaban J connectivity index is 1.62. The Morgan fingerprint density at radius 2 is 1.89 bits per heavy atom. The van der Waals surface area contributed by atoms with E-state index in [-0.39, 0.29) is 24.2 Å². The van der Waals surface area contributed by atoms with Crippen molar-refractivity contribution in [1.29, 1.82) is 0 Å². The summed E-state index contributed by atoms with van der Waals surface area (Å²) >= 11 is 0. The molecular formula is C21H22N2O4. The number of anilines is 1. The molecule has 0 saturated carbocycles. The second-order valence-electron chi connectivity index (χ2n) is 6.92. The van der Waals surface area contributed by atoms with Gasteiger partial charge in [0.25, 0.3) is 0 Å². The largest absolute Gasteiger partial charge is 0.462 e. The van der Waals surface area contributed by atoms with Gasteiger partial charge in [0.05, 0.1) is 18.6 Å². The van der Waals surface area contributed by atoms with E-state index in [2.05, 4.69) is 10.5 Å². The van der Waals surface area contributed by atoms with E-state index in [9.17, 15) is 9.59 Å². The predicted molar refractivity (Wildman–Crippen MR) is 103 cm³/mol. The van der Waals surface area contributed by atoms with Crippen LogP contribution in [-0.4, -0.2) is 23.6 Å². The average Bonchev–Trinajstić information content (AvgIpc) is 3.02. The summed E-state index contributed by atoms with van der Waals surface area (Å²) in [6.45, 7) is 6.31. The monoisotopic (exact) mass is 366 g/mol. The maximum atomic E-state index is 12.3. The minimum Gasteiger partial charge on any atom is -0.462 e. The molecule has 1 aromatic heterocycles. The summed E-state index contributed by atoms with van der Waals surface area (Å²) in [5, 5.41) is 7.64. The quantitative estimate of drug-likeness (QED) is 0.663. The van der Waals surface area contributed by atoms with Crippen LogP contribution in [0.25, 0.3) is 11.0 Å². The summed E-state index contributed by atoms with van der Waals surface area (Å²) in [4.78, 5) is 24.2. The van der Waals surface area contributed by atoms with Gasteiger partial charge in [0.1, 0.15) is 5.69 Å². The topological polar surface area (TPSA) is 81.4 Å². The number of esters is 1. The molecule has 27 heavy (non-hydrogen) atoms. The molecule has 0 unspecified atom stereocenters. The number of nitrogens with one attached hydrogen (secondary N) is 1. The third-order valence-electron chi connectivity index (χ3n) is 3.98. The van der Waals surface area contributed by atoms with Crippen molar-refractivity contribution in [2.24, 2.45) is 5.92 Å². The van der Waals surface area contributed by atoms with E-state index < -0.39 is 0 Å². The third kappa shape index (κ3) is 4.73. The molecule has 0 bridgehead atoms. The highest BCUT2D eigenvalue weighted by Gasteiger charge is 2.13. The molecule has 0 saturated heterocycles. The fourth-order valence-corrected chi connectivity index (χ4v) is 2.60. The lowest BCUT2D eigenvalue weighted by Gasteiger charge is -2.08. The second kappa shape index (κ2) is 8.03. The molecule has 1 amide bonds. The Kier molecular flexibility index (Phi) is 5.54. The van der Waals surface area contributed by atoms with Crippen molar-refractivity contribution in [1.82, 2.24) is 5.16 Å². The first-order chi connectivity index (χ1) is 12.9. The number of aromatic nitrogens is 1. The van der Waals surface area contributed by atoms with Crippen LogP contribution in [-0.2, 0) is 16.0 Å². The van der Waals surface area contributed by atoms with E-state index in [0.717, 1.165) is 10.9 Å². The van der Waals surface area contributed by atoms with Gasteiger partial charge in [0, 0.05) is 11.1 Å². The third-order valence-corrected chi connectivity index (χ3v) is 3.98. The molecule has 2 aromatic carbocycles. The van der Waals surface area contributed by atoms with E-state index in [4.69, 9.17) is 9.26 Å². The minimum absolute atomic E-state index is 0.106. The highest BCUT2D eigenvalue weighted by molar-refractivity contribution is 5.95.